The van der Waals surface area contributed by atoms with Gasteiger partial charge in [-0.1, -0.05) is 0 Å². The second-order valence-electron chi connectivity index (χ2n) is 4.91. The number of fused-ring (bicyclic) bond motifs is 1. The summed E-state index contributed by atoms with van der Waals surface area (Å²) in [6.45, 7) is 4.40. The van der Waals surface area contributed by atoms with Crippen molar-refractivity contribution in [3.05, 3.63) is 24.0 Å². The highest BCUT2D eigenvalue weighted by Crippen LogP contribution is 2.28. The van der Waals surface area contributed by atoms with Crippen molar-refractivity contribution in [3.63, 3.8) is 0 Å². The molecule has 1 aromatic heterocycles. The molecule has 1 aromatic rings. The van der Waals surface area contributed by atoms with Gasteiger partial charge in [-0.3, -0.25) is 4.98 Å². The highest BCUT2D eigenvalue weighted by atomic mass is 15.2. The number of rotatable bonds is 1. The minimum Gasteiger partial charge on any atom is -0.366 e. The summed E-state index contributed by atoms with van der Waals surface area (Å²) in [4.78, 5) is 6.95. The molecular formula is C13H19N3. The van der Waals surface area contributed by atoms with Gasteiger partial charge in [-0.05, 0) is 44.9 Å². The average molecular weight is 217 g/mol. The van der Waals surface area contributed by atoms with Crippen molar-refractivity contribution >= 4 is 5.69 Å². The summed E-state index contributed by atoms with van der Waals surface area (Å²) in [7, 11) is 0. The molecule has 0 radical (unpaired) electrons. The third kappa shape index (κ3) is 1.69. The number of aromatic nitrogens is 1. The lowest BCUT2D eigenvalue weighted by Gasteiger charge is -2.38. The Labute approximate surface area is 96.9 Å². The molecule has 86 valence electrons. The van der Waals surface area contributed by atoms with Gasteiger partial charge >= 0.3 is 0 Å². The van der Waals surface area contributed by atoms with E-state index in [4.69, 9.17) is 0 Å². The maximum Gasteiger partial charge on any atom is 0.0556 e. The Kier molecular flexibility index (Phi) is 2.56. The number of anilines is 1. The first-order chi connectivity index (χ1) is 7.84. The van der Waals surface area contributed by atoms with E-state index in [1.807, 2.05) is 13.1 Å². The molecular weight excluding hydrogens is 198 g/mol. The van der Waals surface area contributed by atoms with Gasteiger partial charge in [-0.25, -0.2) is 0 Å². The minimum atomic E-state index is 0.693. The summed E-state index contributed by atoms with van der Waals surface area (Å²) in [5.74, 6) is 0. The van der Waals surface area contributed by atoms with Crippen molar-refractivity contribution in [2.75, 3.05) is 18.0 Å². The summed E-state index contributed by atoms with van der Waals surface area (Å²) >= 11 is 0. The molecule has 2 atom stereocenters. The molecule has 0 spiro atoms. The third-order valence-electron chi connectivity index (χ3n) is 3.85. The van der Waals surface area contributed by atoms with E-state index < -0.39 is 0 Å². The van der Waals surface area contributed by atoms with Gasteiger partial charge in [0.1, 0.15) is 0 Å². The molecule has 3 heterocycles. The van der Waals surface area contributed by atoms with Gasteiger partial charge < -0.3 is 10.2 Å². The summed E-state index contributed by atoms with van der Waals surface area (Å²) in [5, 5.41) is 3.61. The topological polar surface area (TPSA) is 28.2 Å². The first-order valence-electron chi connectivity index (χ1n) is 6.27. The fourth-order valence-corrected chi connectivity index (χ4v) is 3.02. The van der Waals surface area contributed by atoms with Crippen LogP contribution in [0.25, 0.3) is 0 Å². The second kappa shape index (κ2) is 4.06. The van der Waals surface area contributed by atoms with E-state index >= 15 is 0 Å². The largest absolute Gasteiger partial charge is 0.366 e. The second-order valence-corrected chi connectivity index (χ2v) is 4.91. The third-order valence-corrected chi connectivity index (χ3v) is 3.85. The maximum atomic E-state index is 4.41. The van der Waals surface area contributed by atoms with E-state index in [2.05, 4.69) is 27.3 Å². The molecule has 3 heteroatoms. The first kappa shape index (κ1) is 10.1. The highest BCUT2D eigenvalue weighted by Gasteiger charge is 2.34. The van der Waals surface area contributed by atoms with Crippen LogP contribution in [-0.2, 0) is 0 Å². The van der Waals surface area contributed by atoms with Crippen LogP contribution in [0.5, 0.6) is 0 Å². The van der Waals surface area contributed by atoms with Gasteiger partial charge in [0.25, 0.3) is 0 Å². The Bertz CT molecular complexity index is 360. The molecule has 1 N–H and O–H groups in total. The molecule has 0 saturated carbocycles. The van der Waals surface area contributed by atoms with Crippen molar-refractivity contribution in [1.29, 1.82) is 0 Å². The molecule has 2 aliphatic heterocycles. The standard InChI is InChI=1S/C13H19N3/c1-10-4-5-11(9-15-10)16-8-2-3-12-13(16)6-7-14-12/h4-5,9,12-14H,2-3,6-8H2,1H3/t12-,13-/m0/s1. The Hall–Kier alpha value is -1.09. The zero-order valence-corrected chi connectivity index (χ0v) is 9.82. The molecule has 2 saturated heterocycles. The number of aryl methyl sites for hydroxylation is 1. The molecule has 16 heavy (non-hydrogen) atoms. The number of nitrogens with one attached hydrogen (secondary N) is 1. The summed E-state index contributed by atoms with van der Waals surface area (Å²) < 4.78 is 0. The lowest BCUT2D eigenvalue weighted by atomic mass is 9.97. The van der Waals surface area contributed by atoms with Crippen LogP contribution in [0.2, 0.25) is 0 Å². The number of pyridine rings is 1. The van der Waals surface area contributed by atoms with Crippen molar-refractivity contribution < 1.29 is 0 Å². The van der Waals surface area contributed by atoms with Gasteiger partial charge in [0.2, 0.25) is 0 Å². The average Bonchev–Trinajstić information content (AvgIpc) is 2.78. The fourth-order valence-electron chi connectivity index (χ4n) is 3.02. The molecule has 0 unspecified atom stereocenters. The molecule has 0 aromatic carbocycles. The van der Waals surface area contributed by atoms with Gasteiger partial charge in [0, 0.05) is 24.3 Å². The molecule has 3 rings (SSSR count). The van der Waals surface area contributed by atoms with E-state index in [0.29, 0.717) is 12.1 Å². The maximum absolute atomic E-state index is 4.41. The van der Waals surface area contributed by atoms with Crippen molar-refractivity contribution in [2.24, 2.45) is 0 Å². The first-order valence-corrected chi connectivity index (χ1v) is 6.27. The Morgan fingerprint density at radius 2 is 2.31 bits per heavy atom. The molecule has 2 fully saturated rings. The molecule has 2 aliphatic rings. The smallest absolute Gasteiger partial charge is 0.0556 e. The molecule has 0 aliphatic carbocycles. The lowest BCUT2D eigenvalue weighted by molar-refractivity contribution is 0.412. The van der Waals surface area contributed by atoms with Gasteiger partial charge in [-0.15, -0.1) is 0 Å². The predicted octanol–water partition coefficient (Wildman–Crippen LogP) is 1.72. The number of piperidine rings is 1. The zero-order valence-electron chi connectivity index (χ0n) is 9.82. The van der Waals surface area contributed by atoms with Gasteiger partial charge in [0.05, 0.1) is 11.9 Å². The fraction of sp³-hybridized carbons (Fsp3) is 0.615. The molecule has 3 nitrogen and oxygen atoms in total. The highest BCUT2D eigenvalue weighted by molar-refractivity contribution is 5.47. The van der Waals surface area contributed by atoms with Crippen molar-refractivity contribution in [2.45, 2.75) is 38.3 Å². The van der Waals surface area contributed by atoms with Gasteiger partial charge in [0.15, 0.2) is 0 Å². The van der Waals surface area contributed by atoms with Crippen LogP contribution >= 0.6 is 0 Å². The van der Waals surface area contributed by atoms with E-state index in [9.17, 15) is 0 Å². The Balaban J connectivity index is 1.85. The normalized spacial score (nSPS) is 29.2. The Morgan fingerprint density at radius 3 is 3.12 bits per heavy atom. The van der Waals surface area contributed by atoms with E-state index in [0.717, 1.165) is 5.69 Å². The number of nitrogens with zero attached hydrogens (tertiary/aromatic N) is 2. The van der Waals surface area contributed by atoms with Crippen LogP contribution in [0, 0.1) is 6.92 Å². The van der Waals surface area contributed by atoms with Crippen molar-refractivity contribution in [3.8, 4) is 0 Å². The van der Waals surface area contributed by atoms with Crippen LogP contribution in [0.15, 0.2) is 18.3 Å². The zero-order chi connectivity index (χ0) is 11.0. The Morgan fingerprint density at radius 1 is 1.38 bits per heavy atom. The SMILES string of the molecule is Cc1ccc(N2CCC[C@@H]3NCC[C@@H]32)cn1. The summed E-state index contributed by atoms with van der Waals surface area (Å²) in [5.41, 5.74) is 2.39. The monoisotopic (exact) mass is 217 g/mol. The van der Waals surface area contributed by atoms with E-state index in [1.54, 1.807) is 0 Å². The minimum absolute atomic E-state index is 0.693. The lowest BCUT2D eigenvalue weighted by Crippen LogP contribution is -2.48. The van der Waals surface area contributed by atoms with Crippen molar-refractivity contribution in [1.82, 2.24) is 10.3 Å². The van der Waals surface area contributed by atoms with Crippen LogP contribution in [0.4, 0.5) is 5.69 Å². The van der Waals surface area contributed by atoms with Crippen LogP contribution in [0.1, 0.15) is 25.0 Å². The van der Waals surface area contributed by atoms with Gasteiger partial charge in [-0.2, -0.15) is 0 Å². The van der Waals surface area contributed by atoms with Crippen LogP contribution in [-0.4, -0.2) is 30.2 Å². The van der Waals surface area contributed by atoms with E-state index in [1.165, 1.54) is 38.0 Å². The number of hydrogen-bond donors (Lipinski definition) is 1. The van der Waals surface area contributed by atoms with Crippen LogP contribution in [0.3, 0.4) is 0 Å². The summed E-state index contributed by atoms with van der Waals surface area (Å²) in [6.07, 6.45) is 5.93. The van der Waals surface area contributed by atoms with E-state index in [-0.39, 0.29) is 0 Å². The number of hydrogen-bond acceptors (Lipinski definition) is 3. The summed E-state index contributed by atoms with van der Waals surface area (Å²) in [6, 6.07) is 5.72. The molecule has 0 bridgehead atoms. The molecule has 0 amide bonds. The van der Waals surface area contributed by atoms with Crippen LogP contribution < -0.4 is 10.2 Å². The predicted molar refractivity (Wildman–Crippen MR) is 65.7 cm³/mol. The quantitative estimate of drug-likeness (QED) is 0.776.